The molecule has 0 aliphatic rings. The van der Waals surface area contributed by atoms with Gasteiger partial charge < -0.3 is 20.4 Å². The predicted molar refractivity (Wildman–Crippen MR) is 290 cm³/mol. The van der Waals surface area contributed by atoms with E-state index in [2.05, 4.69) is 12.6 Å². The third-order valence-electron chi connectivity index (χ3n) is 7.16. The molecule has 0 radical (unpaired) electrons. The number of amides is 3. The first kappa shape index (κ1) is 78.1. The monoisotopic (exact) mass is 1040 g/mol. The molecule has 0 aromatic carbocycles. The average Bonchev–Trinajstić information content (AvgIpc) is 3.20. The summed E-state index contributed by atoms with van der Waals surface area (Å²) >= 11 is 7.29. The molecule has 21 heteroatoms. The van der Waals surface area contributed by atoms with Crippen molar-refractivity contribution in [3.05, 3.63) is 0 Å². The molecule has 0 rings (SSSR count). The zero-order valence-corrected chi connectivity index (χ0v) is 48.7. The minimum absolute atomic E-state index is 0.0299. The summed E-state index contributed by atoms with van der Waals surface area (Å²) in [6.45, 7) is 22.0. The number of carbonyl (C=O) groups is 8. The number of hydrogen-bond donors (Lipinski definition) is 2. The smallest absolute Gasteiger partial charge is 0.219 e. The highest BCUT2D eigenvalue weighted by atomic mass is 33.1. The quantitative estimate of drug-likeness (QED) is 0.0875. The Balaban J connectivity index is -0.0000000928. The number of nitrogens with two attached hydrogens (primary N) is 1. The molecular weight excluding hydrogens is 953 g/mol. The molecule has 2 N–H and O–H groups in total. The third-order valence-corrected chi connectivity index (χ3v) is 13.8. The Morgan fingerprint density at radius 3 is 0.967 bits per heavy atom. The molecule has 0 bridgehead atoms. The Kier molecular flexibility index (Phi) is 71.7. The molecule has 3 amide bonds. The normalized spacial score (nSPS) is 11.7. The predicted octanol–water partition coefficient (Wildman–Crippen LogP) is 8.74. The fourth-order valence-electron chi connectivity index (χ4n) is 3.02. The lowest BCUT2D eigenvalue weighted by Gasteiger charge is -2.24. The maximum atomic E-state index is 11.2. The van der Waals surface area contributed by atoms with Gasteiger partial charge in [0.25, 0.3) is 0 Å². The molecular formula is C40H84N4O8S9. The molecule has 61 heavy (non-hydrogen) atoms. The molecule has 0 aromatic heterocycles. The van der Waals surface area contributed by atoms with Crippen LogP contribution in [0.15, 0.2) is 0 Å². The number of rotatable bonds is 20. The van der Waals surface area contributed by atoms with E-state index in [1.54, 1.807) is 116 Å². The lowest BCUT2D eigenvalue weighted by molar-refractivity contribution is -0.134. The van der Waals surface area contributed by atoms with Crippen molar-refractivity contribution >= 4 is 148 Å². The van der Waals surface area contributed by atoms with Crippen molar-refractivity contribution in [1.82, 2.24) is 14.7 Å². The van der Waals surface area contributed by atoms with Crippen LogP contribution in [0.25, 0.3) is 0 Å². The van der Waals surface area contributed by atoms with Gasteiger partial charge in [0.05, 0.1) is 24.2 Å². The lowest BCUT2D eigenvalue weighted by atomic mass is 10.1. The van der Waals surface area contributed by atoms with Crippen molar-refractivity contribution in [3.63, 3.8) is 0 Å². The fourth-order valence-corrected chi connectivity index (χ4v) is 8.78. The van der Waals surface area contributed by atoms with E-state index in [1.807, 2.05) is 72.2 Å². The van der Waals surface area contributed by atoms with E-state index in [4.69, 9.17) is 5.73 Å². The van der Waals surface area contributed by atoms with E-state index >= 15 is 0 Å². The zero-order chi connectivity index (χ0) is 50.4. The number of thioether (sulfide) groups is 2. The van der Waals surface area contributed by atoms with Gasteiger partial charge in [0.1, 0.15) is 11.6 Å². The van der Waals surface area contributed by atoms with Gasteiger partial charge in [-0.25, -0.2) is 0 Å². The molecule has 0 saturated heterocycles. The molecule has 0 heterocycles. The standard InChI is InChI=1S/C8H15NO2S2.C8H15NO2S.C7H13NO2S.C6H12OS2.C5H11NOS2.C2H6S.2C2H6/c1-6(10)8(5-13-12-4)9(3)7(2)11;1-6(10)8(5-12-4)9(3)7(2)11;1-5(9)7(4-11)8(3)6(2)10;1-5(6(2)7)4-9-8-3;1-4(7)5(6)3-9-8-2;1-3-2;2*1-2/h8H,5H2,1-4H3;8H,5H2,1-4H3;7,11H,4H2,1-3H3;5H,4H2,1-3H3;5H,3,6H2,1-2H3;1-2H3;2*1-2H3. The van der Waals surface area contributed by atoms with Gasteiger partial charge in [-0.3, -0.25) is 38.4 Å². The van der Waals surface area contributed by atoms with Crippen molar-refractivity contribution < 1.29 is 38.4 Å². The van der Waals surface area contributed by atoms with Gasteiger partial charge in [0, 0.05) is 76.6 Å². The number of ketones is 5. The molecule has 0 saturated carbocycles. The zero-order valence-electron chi connectivity index (χ0n) is 41.3. The maximum absolute atomic E-state index is 11.2. The summed E-state index contributed by atoms with van der Waals surface area (Å²) in [5.41, 5.74) is 5.42. The molecule has 5 atom stereocenters. The molecule has 366 valence electrons. The van der Waals surface area contributed by atoms with Crippen LogP contribution < -0.4 is 5.73 Å². The SMILES string of the molecule is CC.CC.CC(=O)C(CS)N(C)C(C)=O.CSC.CSCC(C(C)=O)N(C)C(C)=O.CSSCC(C(C)=O)N(C)C(C)=O.CSSCC(C)C(C)=O.CSSCC(N)C(C)=O. The second-order valence-corrected chi connectivity index (χ2v) is 21.8. The summed E-state index contributed by atoms with van der Waals surface area (Å²) in [4.78, 5) is 91.4. The van der Waals surface area contributed by atoms with Crippen LogP contribution in [0, 0.1) is 5.92 Å². The van der Waals surface area contributed by atoms with Crippen LogP contribution in [0.4, 0.5) is 0 Å². The minimum atomic E-state index is -0.379. The Morgan fingerprint density at radius 2 is 0.754 bits per heavy atom. The largest absolute Gasteiger partial charge is 0.335 e. The molecule has 12 nitrogen and oxygen atoms in total. The highest BCUT2D eigenvalue weighted by Crippen LogP contribution is 2.21. The summed E-state index contributed by atoms with van der Waals surface area (Å²) in [7, 11) is 14.8. The van der Waals surface area contributed by atoms with Crippen LogP contribution in [0.1, 0.15) is 90.0 Å². The van der Waals surface area contributed by atoms with Crippen molar-refractivity contribution in [2.75, 3.05) is 87.4 Å². The number of carbonyl (C=O) groups excluding carboxylic acids is 8. The Morgan fingerprint density at radius 1 is 0.475 bits per heavy atom. The number of likely N-dealkylation sites (N-methyl/N-ethyl adjacent to an activating group) is 3. The van der Waals surface area contributed by atoms with Gasteiger partial charge in [-0.15, -0.1) is 0 Å². The van der Waals surface area contributed by atoms with Gasteiger partial charge in [0.15, 0.2) is 17.3 Å². The van der Waals surface area contributed by atoms with Crippen LogP contribution in [-0.2, 0) is 38.4 Å². The summed E-state index contributed by atoms with van der Waals surface area (Å²) in [6.07, 6.45) is 12.0. The number of nitrogens with zero attached hydrogens (tertiary/aromatic N) is 3. The first-order valence-electron chi connectivity index (χ1n) is 19.2. The highest BCUT2D eigenvalue weighted by Gasteiger charge is 2.22. The minimum Gasteiger partial charge on any atom is -0.335 e. The van der Waals surface area contributed by atoms with Crippen LogP contribution in [0.3, 0.4) is 0 Å². The lowest BCUT2D eigenvalue weighted by Crippen LogP contribution is -2.42. The Bertz CT molecular complexity index is 1120. The maximum Gasteiger partial charge on any atom is 0.219 e. The van der Waals surface area contributed by atoms with Gasteiger partial charge in [-0.2, -0.15) is 36.2 Å². The van der Waals surface area contributed by atoms with E-state index < -0.39 is 0 Å². The molecule has 0 aromatic rings. The first-order valence-corrected chi connectivity index (χ1v) is 31.1. The fraction of sp³-hybridized carbons (Fsp3) is 0.800. The Hall–Kier alpha value is -0.130. The van der Waals surface area contributed by atoms with Gasteiger partial charge in [-0.1, -0.05) is 99.4 Å². The number of thiol groups is 1. The number of hydrogen-bond acceptors (Lipinski definition) is 18. The summed E-state index contributed by atoms with van der Waals surface area (Å²) in [5, 5.41) is 0. The van der Waals surface area contributed by atoms with Crippen molar-refractivity contribution in [2.24, 2.45) is 11.7 Å². The van der Waals surface area contributed by atoms with E-state index in [0.29, 0.717) is 17.3 Å². The second-order valence-electron chi connectivity index (χ2n) is 11.9. The molecule has 0 aliphatic heterocycles. The average molecular weight is 1040 g/mol. The molecule has 0 spiro atoms. The molecule has 5 unspecified atom stereocenters. The third kappa shape index (κ3) is 54.1. The first-order chi connectivity index (χ1) is 28.3. The molecule has 0 fully saturated rings. The highest BCUT2D eigenvalue weighted by molar-refractivity contribution is 8.77. The van der Waals surface area contributed by atoms with Crippen molar-refractivity contribution in [2.45, 2.75) is 114 Å². The van der Waals surface area contributed by atoms with E-state index in [1.165, 1.54) is 63.2 Å². The van der Waals surface area contributed by atoms with Crippen molar-refractivity contribution in [3.8, 4) is 0 Å². The topological polar surface area (TPSA) is 172 Å². The Labute approximate surface area is 410 Å². The van der Waals surface area contributed by atoms with E-state index in [0.717, 1.165) is 11.5 Å². The molecule has 0 aliphatic carbocycles. The van der Waals surface area contributed by atoms with E-state index in [-0.39, 0.29) is 76.7 Å². The van der Waals surface area contributed by atoms with Crippen LogP contribution in [-0.4, -0.2) is 173 Å². The van der Waals surface area contributed by atoms with Crippen LogP contribution >= 0.6 is 101 Å². The van der Waals surface area contributed by atoms with Gasteiger partial charge in [0.2, 0.25) is 17.7 Å². The number of Topliss-reactive ketones (excluding diaryl/α,β-unsaturated/α-hetero) is 5. The van der Waals surface area contributed by atoms with E-state index in [9.17, 15) is 38.4 Å². The van der Waals surface area contributed by atoms with Crippen molar-refractivity contribution in [1.29, 1.82) is 0 Å². The summed E-state index contributed by atoms with van der Waals surface area (Å²) in [5.74, 6) is 3.76. The second kappa shape index (κ2) is 56.0. The van der Waals surface area contributed by atoms with Gasteiger partial charge >= 0.3 is 0 Å². The van der Waals surface area contributed by atoms with Crippen LogP contribution in [0.5, 0.6) is 0 Å². The van der Waals surface area contributed by atoms with Gasteiger partial charge in [-0.05, 0) is 72.2 Å². The van der Waals surface area contributed by atoms with Crippen LogP contribution in [0.2, 0.25) is 0 Å². The summed E-state index contributed by atoms with van der Waals surface area (Å²) in [6, 6.07) is -1.20. The summed E-state index contributed by atoms with van der Waals surface area (Å²) < 4.78 is 0.